The Morgan fingerprint density at radius 2 is 1.93 bits per heavy atom. The zero-order valence-corrected chi connectivity index (χ0v) is 17.7. The first kappa shape index (κ1) is 23.0. The number of unbranched alkanes of at least 4 members (excludes halogenated alkanes) is 1. The molecular formula is C20H36N4O3. The standard InChI is InChI=1S/C20H36N4O3/c1-7-8-12-23(15-17-10-9-11-22(17)5)18(25)16-24(13-14-27-6)19(26)21-20(2,3)4/h9-11H,7-8,12-16H2,1-6H3,(H,21,26). The number of methoxy groups -OCH3 is 1. The van der Waals surface area contributed by atoms with E-state index in [-0.39, 0.29) is 24.0 Å². The Bertz CT molecular complexity index is 592. The normalized spacial score (nSPS) is 11.3. The van der Waals surface area contributed by atoms with Crippen LogP contribution in [0.2, 0.25) is 0 Å². The van der Waals surface area contributed by atoms with Crippen LogP contribution in [0.5, 0.6) is 0 Å². The lowest BCUT2D eigenvalue weighted by atomic mass is 10.1. The molecule has 0 saturated heterocycles. The summed E-state index contributed by atoms with van der Waals surface area (Å²) in [4.78, 5) is 28.9. The minimum Gasteiger partial charge on any atom is -0.383 e. The van der Waals surface area contributed by atoms with E-state index >= 15 is 0 Å². The third-order valence-electron chi connectivity index (χ3n) is 4.20. The lowest BCUT2D eigenvalue weighted by Crippen LogP contribution is -2.52. The summed E-state index contributed by atoms with van der Waals surface area (Å²) in [6.45, 7) is 9.89. The Balaban J connectivity index is 2.85. The Labute approximate surface area is 163 Å². The van der Waals surface area contributed by atoms with Crippen LogP contribution in [0, 0.1) is 0 Å². The lowest BCUT2D eigenvalue weighted by Gasteiger charge is -2.30. The number of urea groups is 1. The zero-order valence-electron chi connectivity index (χ0n) is 17.7. The maximum Gasteiger partial charge on any atom is 0.318 e. The van der Waals surface area contributed by atoms with Crippen LogP contribution in [-0.4, -0.2) is 65.2 Å². The van der Waals surface area contributed by atoms with E-state index in [1.807, 2.05) is 55.6 Å². The van der Waals surface area contributed by atoms with E-state index < -0.39 is 0 Å². The van der Waals surface area contributed by atoms with Gasteiger partial charge >= 0.3 is 6.03 Å². The topological polar surface area (TPSA) is 66.8 Å². The van der Waals surface area contributed by atoms with Gasteiger partial charge in [0, 0.05) is 44.7 Å². The van der Waals surface area contributed by atoms with Crippen molar-refractivity contribution in [2.75, 3.05) is 33.4 Å². The molecule has 0 bridgehead atoms. The fourth-order valence-corrected chi connectivity index (χ4v) is 2.61. The summed E-state index contributed by atoms with van der Waals surface area (Å²) in [7, 11) is 3.56. The highest BCUT2D eigenvalue weighted by Gasteiger charge is 2.24. The molecule has 27 heavy (non-hydrogen) atoms. The molecule has 0 saturated carbocycles. The highest BCUT2D eigenvalue weighted by molar-refractivity contribution is 5.84. The molecule has 0 spiro atoms. The number of hydrogen-bond acceptors (Lipinski definition) is 3. The molecule has 7 heteroatoms. The second kappa shape index (κ2) is 11.0. The van der Waals surface area contributed by atoms with E-state index in [0.717, 1.165) is 18.5 Å². The first-order valence-electron chi connectivity index (χ1n) is 9.62. The SMILES string of the molecule is CCCCN(Cc1cccn1C)C(=O)CN(CCOC)C(=O)NC(C)(C)C. The van der Waals surface area contributed by atoms with E-state index in [4.69, 9.17) is 4.74 Å². The average Bonchev–Trinajstić information content (AvgIpc) is 2.98. The van der Waals surface area contributed by atoms with Crippen LogP contribution in [0.3, 0.4) is 0 Å². The number of rotatable bonds is 10. The van der Waals surface area contributed by atoms with Gasteiger partial charge in [0.05, 0.1) is 13.2 Å². The van der Waals surface area contributed by atoms with Crippen molar-refractivity contribution >= 4 is 11.9 Å². The van der Waals surface area contributed by atoms with Crippen molar-refractivity contribution < 1.29 is 14.3 Å². The smallest absolute Gasteiger partial charge is 0.318 e. The largest absolute Gasteiger partial charge is 0.383 e. The molecule has 154 valence electrons. The molecule has 0 atom stereocenters. The van der Waals surface area contributed by atoms with E-state index in [0.29, 0.717) is 26.2 Å². The first-order valence-corrected chi connectivity index (χ1v) is 9.62. The van der Waals surface area contributed by atoms with E-state index in [1.165, 1.54) is 4.90 Å². The molecular weight excluding hydrogens is 344 g/mol. The van der Waals surface area contributed by atoms with Gasteiger partial charge in [0.25, 0.3) is 0 Å². The summed E-state index contributed by atoms with van der Waals surface area (Å²) in [6, 6.07) is 3.74. The number of carbonyl (C=O) groups is 2. The van der Waals surface area contributed by atoms with Gasteiger partial charge < -0.3 is 24.4 Å². The third-order valence-corrected chi connectivity index (χ3v) is 4.20. The van der Waals surface area contributed by atoms with Crippen molar-refractivity contribution in [3.8, 4) is 0 Å². The monoisotopic (exact) mass is 380 g/mol. The van der Waals surface area contributed by atoms with Crippen molar-refractivity contribution in [2.45, 2.75) is 52.6 Å². The van der Waals surface area contributed by atoms with Crippen molar-refractivity contribution in [3.63, 3.8) is 0 Å². The lowest BCUT2D eigenvalue weighted by molar-refractivity contribution is -0.132. The summed E-state index contributed by atoms with van der Waals surface area (Å²) < 4.78 is 7.13. The quantitative estimate of drug-likeness (QED) is 0.678. The van der Waals surface area contributed by atoms with Gasteiger partial charge in [-0.05, 0) is 39.3 Å². The second-order valence-electron chi connectivity index (χ2n) is 7.87. The van der Waals surface area contributed by atoms with Crippen LogP contribution >= 0.6 is 0 Å². The van der Waals surface area contributed by atoms with Gasteiger partial charge in [0.1, 0.15) is 6.54 Å². The molecule has 0 aromatic carbocycles. The molecule has 0 aliphatic carbocycles. The Kier molecular flexibility index (Phi) is 9.35. The molecule has 1 N–H and O–H groups in total. The third kappa shape index (κ3) is 8.47. The number of nitrogens with zero attached hydrogens (tertiary/aromatic N) is 3. The summed E-state index contributed by atoms with van der Waals surface area (Å²) >= 11 is 0. The van der Waals surface area contributed by atoms with Crippen molar-refractivity contribution in [1.82, 2.24) is 19.7 Å². The van der Waals surface area contributed by atoms with Crippen LogP contribution in [0.1, 0.15) is 46.2 Å². The molecule has 1 heterocycles. The van der Waals surface area contributed by atoms with Crippen LogP contribution in [-0.2, 0) is 23.1 Å². The number of aryl methyl sites for hydroxylation is 1. The van der Waals surface area contributed by atoms with E-state index in [1.54, 1.807) is 7.11 Å². The van der Waals surface area contributed by atoms with Crippen molar-refractivity contribution in [2.24, 2.45) is 7.05 Å². The summed E-state index contributed by atoms with van der Waals surface area (Å²) in [5, 5.41) is 2.93. The first-order chi connectivity index (χ1) is 12.7. The molecule has 7 nitrogen and oxygen atoms in total. The van der Waals surface area contributed by atoms with Crippen LogP contribution in [0.4, 0.5) is 4.79 Å². The fraction of sp³-hybridized carbons (Fsp3) is 0.700. The molecule has 1 aromatic rings. The van der Waals surface area contributed by atoms with Gasteiger partial charge in [-0.3, -0.25) is 4.79 Å². The number of hydrogen-bond donors (Lipinski definition) is 1. The Morgan fingerprint density at radius 3 is 2.44 bits per heavy atom. The molecule has 3 amide bonds. The van der Waals surface area contributed by atoms with Gasteiger partial charge in [-0.2, -0.15) is 0 Å². The number of ether oxygens (including phenoxy) is 1. The fourth-order valence-electron chi connectivity index (χ4n) is 2.61. The van der Waals surface area contributed by atoms with Crippen molar-refractivity contribution in [1.29, 1.82) is 0 Å². The van der Waals surface area contributed by atoms with Crippen LogP contribution in [0.15, 0.2) is 18.3 Å². The van der Waals surface area contributed by atoms with Gasteiger partial charge in [-0.1, -0.05) is 13.3 Å². The summed E-state index contributed by atoms with van der Waals surface area (Å²) in [5.41, 5.74) is 0.707. The van der Waals surface area contributed by atoms with E-state index in [9.17, 15) is 9.59 Å². The van der Waals surface area contributed by atoms with Gasteiger partial charge in [-0.25, -0.2) is 4.79 Å². The second-order valence-corrected chi connectivity index (χ2v) is 7.87. The van der Waals surface area contributed by atoms with Gasteiger partial charge in [0.2, 0.25) is 5.91 Å². The van der Waals surface area contributed by atoms with Gasteiger partial charge in [0.15, 0.2) is 0 Å². The van der Waals surface area contributed by atoms with E-state index in [2.05, 4.69) is 12.2 Å². The number of carbonyl (C=O) groups excluding carboxylic acids is 2. The Morgan fingerprint density at radius 1 is 1.22 bits per heavy atom. The minimum absolute atomic E-state index is 0.0411. The molecule has 0 aliphatic heterocycles. The maximum absolute atomic E-state index is 13.0. The molecule has 1 aromatic heterocycles. The highest BCUT2D eigenvalue weighted by Crippen LogP contribution is 2.09. The van der Waals surface area contributed by atoms with Crippen molar-refractivity contribution in [3.05, 3.63) is 24.0 Å². The predicted octanol–water partition coefficient (Wildman–Crippen LogP) is 2.61. The molecule has 0 aliphatic rings. The molecule has 1 rings (SSSR count). The summed E-state index contributed by atoms with van der Waals surface area (Å²) in [5.74, 6) is -0.0511. The zero-order chi connectivity index (χ0) is 20.4. The molecule has 0 unspecified atom stereocenters. The number of nitrogens with one attached hydrogen (secondary N) is 1. The maximum atomic E-state index is 13.0. The minimum atomic E-state index is -0.365. The summed E-state index contributed by atoms with van der Waals surface area (Å²) in [6.07, 6.45) is 3.91. The van der Waals surface area contributed by atoms with Crippen LogP contribution < -0.4 is 5.32 Å². The predicted molar refractivity (Wildman–Crippen MR) is 107 cm³/mol. The number of aromatic nitrogens is 1. The Hall–Kier alpha value is -2.02. The van der Waals surface area contributed by atoms with Gasteiger partial charge in [-0.15, -0.1) is 0 Å². The average molecular weight is 381 g/mol. The number of amides is 3. The molecule has 0 fully saturated rings. The van der Waals surface area contributed by atoms with Crippen LogP contribution in [0.25, 0.3) is 0 Å². The molecule has 0 radical (unpaired) electrons. The highest BCUT2D eigenvalue weighted by atomic mass is 16.5.